The lowest BCUT2D eigenvalue weighted by atomic mass is 9.82. The van der Waals surface area contributed by atoms with E-state index < -0.39 is 17.7 Å². The molecule has 1 spiro atoms. The van der Waals surface area contributed by atoms with Crippen LogP contribution in [0.3, 0.4) is 0 Å². The number of rotatable bonds is 4. The number of carbonyl (C=O) groups is 2. The van der Waals surface area contributed by atoms with Crippen LogP contribution in [0.15, 0.2) is 42.0 Å². The van der Waals surface area contributed by atoms with E-state index in [0.29, 0.717) is 26.1 Å². The molecule has 0 bridgehead atoms. The van der Waals surface area contributed by atoms with Crippen molar-refractivity contribution in [3.8, 4) is 0 Å². The van der Waals surface area contributed by atoms with E-state index in [0.717, 1.165) is 12.1 Å². The van der Waals surface area contributed by atoms with E-state index in [9.17, 15) is 14.7 Å². The van der Waals surface area contributed by atoms with Crippen molar-refractivity contribution in [2.24, 2.45) is 0 Å². The van der Waals surface area contributed by atoms with Crippen LogP contribution < -0.4 is 0 Å². The molecule has 5 rings (SSSR count). The van der Waals surface area contributed by atoms with E-state index in [1.54, 1.807) is 23.7 Å². The van der Waals surface area contributed by atoms with Gasteiger partial charge >= 0.3 is 0 Å². The van der Waals surface area contributed by atoms with Crippen LogP contribution in [0.4, 0.5) is 0 Å². The summed E-state index contributed by atoms with van der Waals surface area (Å²) in [7, 11) is 0. The van der Waals surface area contributed by atoms with Crippen molar-refractivity contribution < 1.29 is 14.7 Å². The number of amides is 2. The summed E-state index contributed by atoms with van der Waals surface area (Å²) in [5.74, 6) is -0.345. The van der Waals surface area contributed by atoms with Gasteiger partial charge in [-0.15, -0.1) is 11.3 Å². The fraction of sp³-hybridized carbons (Fsp3) is 0.450. The van der Waals surface area contributed by atoms with Gasteiger partial charge in [-0.05, 0) is 29.5 Å². The van der Waals surface area contributed by atoms with Crippen LogP contribution in [0.5, 0.6) is 0 Å². The van der Waals surface area contributed by atoms with Crippen molar-refractivity contribution in [1.29, 1.82) is 0 Å². The molecule has 28 heavy (non-hydrogen) atoms. The summed E-state index contributed by atoms with van der Waals surface area (Å²) in [5, 5.41) is 12.3. The molecule has 0 saturated carbocycles. The highest BCUT2D eigenvalue weighted by Crippen LogP contribution is 2.41. The molecule has 2 unspecified atom stereocenters. The Balaban J connectivity index is 1.41. The maximum Gasteiger partial charge on any atom is 0.252 e. The molecule has 3 aliphatic heterocycles. The maximum atomic E-state index is 13.5. The SMILES string of the molecule is O=C1C2CC(O)CN2C2(CN(Cc3cccs3)C2)C(=O)N1Cc1cccnc1. The lowest BCUT2D eigenvalue weighted by Gasteiger charge is -2.58. The minimum absolute atomic E-state index is 0.144. The number of likely N-dealkylation sites (tertiary alicyclic amines) is 1. The molecule has 3 aliphatic rings. The Kier molecular flexibility index (Phi) is 4.31. The van der Waals surface area contributed by atoms with Crippen LogP contribution in [0.25, 0.3) is 0 Å². The van der Waals surface area contributed by atoms with Crippen LogP contribution in [0, 0.1) is 0 Å². The van der Waals surface area contributed by atoms with Crippen LogP contribution in [-0.4, -0.2) is 73.9 Å². The lowest BCUT2D eigenvalue weighted by molar-refractivity contribution is -0.181. The predicted octanol–water partition coefficient (Wildman–Crippen LogP) is 0.702. The predicted molar refractivity (Wildman–Crippen MR) is 103 cm³/mol. The summed E-state index contributed by atoms with van der Waals surface area (Å²) >= 11 is 1.71. The number of hydrogen-bond acceptors (Lipinski definition) is 7. The van der Waals surface area contributed by atoms with Crippen molar-refractivity contribution in [3.63, 3.8) is 0 Å². The number of thiophene rings is 1. The van der Waals surface area contributed by atoms with Gasteiger partial charge in [0.25, 0.3) is 5.91 Å². The Morgan fingerprint density at radius 2 is 2.07 bits per heavy atom. The Morgan fingerprint density at radius 1 is 1.21 bits per heavy atom. The van der Waals surface area contributed by atoms with Gasteiger partial charge in [0.1, 0.15) is 5.54 Å². The van der Waals surface area contributed by atoms with Gasteiger partial charge in [0.15, 0.2) is 0 Å². The molecular formula is C20H22N4O3S. The molecule has 0 aromatic carbocycles. The molecule has 146 valence electrons. The highest BCUT2D eigenvalue weighted by Gasteiger charge is 2.64. The zero-order valence-electron chi connectivity index (χ0n) is 15.4. The van der Waals surface area contributed by atoms with Crippen molar-refractivity contribution >= 4 is 23.2 Å². The van der Waals surface area contributed by atoms with Gasteiger partial charge in [0.05, 0.1) is 18.7 Å². The summed E-state index contributed by atoms with van der Waals surface area (Å²) in [6.45, 7) is 2.60. The van der Waals surface area contributed by atoms with E-state index in [1.807, 2.05) is 23.1 Å². The number of aromatic nitrogens is 1. The first-order chi connectivity index (χ1) is 13.6. The monoisotopic (exact) mass is 398 g/mol. The highest BCUT2D eigenvalue weighted by atomic mass is 32.1. The summed E-state index contributed by atoms with van der Waals surface area (Å²) in [6, 6.07) is 7.39. The zero-order chi connectivity index (χ0) is 19.3. The Hall–Kier alpha value is -2.13. The normalized spacial score (nSPS) is 27.2. The number of aliphatic hydroxyl groups excluding tert-OH is 1. The Bertz CT molecular complexity index is 882. The summed E-state index contributed by atoms with van der Waals surface area (Å²) in [5.41, 5.74) is 0.122. The van der Waals surface area contributed by atoms with E-state index >= 15 is 0 Å². The second-order valence-electron chi connectivity index (χ2n) is 7.90. The molecule has 0 radical (unpaired) electrons. The van der Waals surface area contributed by atoms with Gasteiger partial charge in [-0.2, -0.15) is 0 Å². The minimum atomic E-state index is -0.713. The van der Waals surface area contributed by atoms with Crippen molar-refractivity contribution in [1.82, 2.24) is 19.7 Å². The molecule has 2 aromatic rings. The van der Waals surface area contributed by atoms with Gasteiger partial charge < -0.3 is 5.11 Å². The van der Waals surface area contributed by atoms with Crippen LogP contribution in [0.2, 0.25) is 0 Å². The molecule has 7 nitrogen and oxygen atoms in total. The van der Waals surface area contributed by atoms with Gasteiger partial charge in [-0.1, -0.05) is 12.1 Å². The first-order valence-electron chi connectivity index (χ1n) is 9.51. The number of fused-ring (bicyclic) bond motifs is 2. The third-order valence-electron chi connectivity index (χ3n) is 6.02. The van der Waals surface area contributed by atoms with E-state index in [-0.39, 0.29) is 18.4 Å². The average Bonchev–Trinajstić information content (AvgIpc) is 3.31. The number of β-amino-alcohol motifs (C(OH)–C–C–N with tert-alkyl or cyclic N) is 1. The van der Waals surface area contributed by atoms with E-state index in [4.69, 9.17) is 0 Å². The van der Waals surface area contributed by atoms with E-state index in [1.165, 1.54) is 9.78 Å². The zero-order valence-corrected chi connectivity index (χ0v) is 16.2. The first kappa shape index (κ1) is 17.9. The van der Waals surface area contributed by atoms with E-state index in [2.05, 4.69) is 21.3 Å². The molecule has 1 N–H and O–H groups in total. The largest absolute Gasteiger partial charge is 0.392 e. The molecule has 3 saturated heterocycles. The third kappa shape index (κ3) is 2.79. The summed E-state index contributed by atoms with van der Waals surface area (Å²) in [4.78, 5) is 37.5. The Morgan fingerprint density at radius 3 is 2.79 bits per heavy atom. The lowest BCUT2D eigenvalue weighted by Crippen LogP contribution is -2.81. The summed E-state index contributed by atoms with van der Waals surface area (Å²) in [6.07, 6.45) is 3.19. The minimum Gasteiger partial charge on any atom is -0.392 e. The number of nitrogens with zero attached hydrogens (tertiary/aromatic N) is 4. The molecule has 5 heterocycles. The second-order valence-corrected chi connectivity index (χ2v) is 8.94. The standard InChI is InChI=1S/C20H22N4O3S/c25-15-7-17-18(26)23(9-14-3-1-5-21-8-14)19(27)20(24(17)10-15)12-22(13-20)11-16-4-2-6-28-16/h1-6,8,15,17,25H,7,9-13H2. The highest BCUT2D eigenvalue weighted by molar-refractivity contribution is 7.09. The summed E-state index contributed by atoms with van der Waals surface area (Å²) < 4.78 is 0. The van der Waals surface area contributed by atoms with Crippen LogP contribution in [-0.2, 0) is 22.7 Å². The first-order valence-corrected chi connectivity index (χ1v) is 10.4. The van der Waals surface area contributed by atoms with Gasteiger partial charge in [0.2, 0.25) is 5.91 Å². The topological polar surface area (TPSA) is 77.0 Å². The Labute approximate surface area is 167 Å². The molecule has 3 fully saturated rings. The fourth-order valence-electron chi connectivity index (χ4n) is 4.74. The number of hydrogen-bond donors (Lipinski definition) is 1. The second kappa shape index (κ2) is 6.73. The number of carbonyl (C=O) groups excluding carboxylic acids is 2. The van der Waals surface area contributed by atoms with Gasteiger partial charge in [0, 0.05) is 43.4 Å². The number of imide groups is 1. The molecule has 2 amide bonds. The molecule has 2 aromatic heterocycles. The number of piperazine rings is 1. The third-order valence-corrected chi connectivity index (χ3v) is 6.88. The molecule has 0 aliphatic carbocycles. The smallest absolute Gasteiger partial charge is 0.252 e. The fourth-order valence-corrected chi connectivity index (χ4v) is 5.49. The van der Waals surface area contributed by atoms with Crippen molar-refractivity contribution in [2.45, 2.75) is 37.2 Å². The van der Waals surface area contributed by atoms with Gasteiger partial charge in [-0.3, -0.25) is 29.3 Å². The maximum absolute atomic E-state index is 13.5. The number of pyridine rings is 1. The van der Waals surface area contributed by atoms with Crippen molar-refractivity contribution in [2.75, 3.05) is 19.6 Å². The molecule has 8 heteroatoms. The van der Waals surface area contributed by atoms with Crippen LogP contribution >= 0.6 is 11.3 Å². The van der Waals surface area contributed by atoms with Gasteiger partial charge in [-0.25, -0.2) is 0 Å². The molecule has 2 atom stereocenters. The molecular weight excluding hydrogens is 376 g/mol. The number of aliphatic hydroxyl groups is 1. The average molecular weight is 398 g/mol. The van der Waals surface area contributed by atoms with Crippen LogP contribution in [0.1, 0.15) is 16.9 Å². The van der Waals surface area contributed by atoms with Crippen molar-refractivity contribution in [3.05, 3.63) is 52.5 Å². The quantitative estimate of drug-likeness (QED) is 0.764.